The summed E-state index contributed by atoms with van der Waals surface area (Å²) in [6.07, 6.45) is -0.263. The van der Waals surface area contributed by atoms with Crippen LogP contribution in [0.4, 0.5) is 0 Å². The molecule has 0 saturated carbocycles. The number of hydrogen-bond donors (Lipinski definition) is 0. The molecule has 0 amide bonds. The Morgan fingerprint density at radius 3 is 1.12 bits per heavy atom. The average molecular weight is 439 g/mol. The smallest absolute Gasteiger partial charge is 0.105 e. The van der Waals surface area contributed by atoms with Gasteiger partial charge in [0.05, 0.1) is 13.2 Å². The molecule has 2 atom stereocenters. The van der Waals surface area contributed by atoms with Crippen LogP contribution in [0.15, 0.2) is 109 Å². The number of hydrogen-bond acceptors (Lipinski definition) is 3. The zero-order valence-corrected chi connectivity index (χ0v) is 19.2. The molecule has 0 heterocycles. The molecule has 4 aromatic rings. The number of ether oxygens (including phenoxy) is 3. The van der Waals surface area contributed by atoms with Crippen molar-refractivity contribution in [3.63, 3.8) is 0 Å². The Labute approximate surface area is 196 Å². The summed E-state index contributed by atoms with van der Waals surface area (Å²) in [5.41, 5.74) is 6.98. The van der Waals surface area contributed by atoms with Crippen molar-refractivity contribution in [1.29, 1.82) is 0 Å². The van der Waals surface area contributed by atoms with E-state index in [0.717, 1.165) is 11.1 Å². The Kier molecular flexibility index (Phi) is 8.04. The maximum absolute atomic E-state index is 6.03. The second kappa shape index (κ2) is 11.6. The van der Waals surface area contributed by atoms with E-state index in [1.807, 2.05) is 12.1 Å². The molecular weight excluding hydrogens is 408 g/mol. The van der Waals surface area contributed by atoms with Crippen LogP contribution in [-0.2, 0) is 14.2 Å². The van der Waals surface area contributed by atoms with Crippen LogP contribution in [0.25, 0.3) is 22.3 Å². The third kappa shape index (κ3) is 5.96. The Morgan fingerprint density at radius 2 is 0.788 bits per heavy atom. The summed E-state index contributed by atoms with van der Waals surface area (Å²) in [6, 6.07) is 37.7. The van der Waals surface area contributed by atoms with Gasteiger partial charge < -0.3 is 14.2 Å². The molecule has 0 aliphatic heterocycles. The van der Waals surface area contributed by atoms with Gasteiger partial charge in [0.25, 0.3) is 0 Å². The molecule has 3 nitrogen and oxygen atoms in total. The molecule has 4 aromatic carbocycles. The van der Waals surface area contributed by atoms with Gasteiger partial charge in [0.1, 0.15) is 12.2 Å². The van der Waals surface area contributed by atoms with Crippen molar-refractivity contribution in [2.24, 2.45) is 0 Å². The van der Waals surface area contributed by atoms with Crippen LogP contribution in [0.5, 0.6) is 0 Å². The summed E-state index contributed by atoms with van der Waals surface area (Å²) in [5, 5.41) is 0. The lowest BCUT2D eigenvalue weighted by Crippen LogP contribution is -2.15. The highest BCUT2D eigenvalue weighted by molar-refractivity contribution is 5.64. The van der Waals surface area contributed by atoms with Crippen molar-refractivity contribution in [2.75, 3.05) is 27.4 Å². The molecule has 0 aliphatic rings. The largest absolute Gasteiger partial charge is 0.375 e. The van der Waals surface area contributed by atoms with E-state index >= 15 is 0 Å². The number of methoxy groups -OCH3 is 2. The van der Waals surface area contributed by atoms with Crippen LogP contribution in [0, 0.1) is 0 Å². The first-order chi connectivity index (χ1) is 16.3. The van der Waals surface area contributed by atoms with Crippen LogP contribution < -0.4 is 0 Å². The highest BCUT2D eigenvalue weighted by Gasteiger charge is 2.15. The van der Waals surface area contributed by atoms with E-state index in [9.17, 15) is 0 Å². The third-order valence-corrected chi connectivity index (χ3v) is 5.89. The molecule has 0 spiro atoms. The Hall–Kier alpha value is -3.24. The number of benzene rings is 4. The van der Waals surface area contributed by atoms with E-state index in [4.69, 9.17) is 14.2 Å². The topological polar surface area (TPSA) is 27.7 Å². The van der Waals surface area contributed by atoms with Gasteiger partial charge >= 0.3 is 0 Å². The van der Waals surface area contributed by atoms with Gasteiger partial charge in [-0.1, -0.05) is 109 Å². The van der Waals surface area contributed by atoms with E-state index < -0.39 is 0 Å². The van der Waals surface area contributed by atoms with Gasteiger partial charge in [0.15, 0.2) is 0 Å². The van der Waals surface area contributed by atoms with Crippen LogP contribution in [0.3, 0.4) is 0 Å². The van der Waals surface area contributed by atoms with Crippen LogP contribution in [0.1, 0.15) is 23.3 Å². The molecule has 0 radical (unpaired) electrons. The van der Waals surface area contributed by atoms with E-state index in [0.29, 0.717) is 13.2 Å². The number of rotatable bonds is 10. The van der Waals surface area contributed by atoms with Crippen molar-refractivity contribution >= 4 is 0 Å². The molecule has 0 N–H and O–H groups in total. The molecule has 2 unspecified atom stereocenters. The van der Waals surface area contributed by atoms with Gasteiger partial charge in [-0.2, -0.15) is 0 Å². The molecule has 0 saturated heterocycles. The minimum Gasteiger partial charge on any atom is -0.375 e. The van der Waals surface area contributed by atoms with Gasteiger partial charge in [0, 0.05) is 14.2 Å². The van der Waals surface area contributed by atoms with E-state index in [2.05, 4.69) is 97.1 Å². The Balaban J connectivity index is 1.34. The van der Waals surface area contributed by atoms with Crippen molar-refractivity contribution in [3.05, 3.63) is 120 Å². The first-order valence-electron chi connectivity index (χ1n) is 11.2. The summed E-state index contributed by atoms with van der Waals surface area (Å²) < 4.78 is 17.4. The van der Waals surface area contributed by atoms with Gasteiger partial charge in [0.2, 0.25) is 0 Å². The zero-order valence-electron chi connectivity index (χ0n) is 19.2. The minimum absolute atomic E-state index is 0.132. The molecule has 0 aromatic heterocycles. The molecule has 168 valence electrons. The molecule has 4 rings (SSSR count). The SMILES string of the molecule is COC(COCC(OC)c1ccc(-c2ccccc2)cc1)c1ccc(-c2ccccc2)cc1. The second-order valence-electron chi connectivity index (χ2n) is 7.96. The standard InChI is InChI=1S/C30H30O3/c1-31-29(27-17-13-25(14-18-27)23-9-5-3-6-10-23)21-33-22-30(32-2)28-19-15-26(16-20-28)24-11-7-4-8-12-24/h3-20,29-30H,21-22H2,1-2H3. The second-order valence-corrected chi connectivity index (χ2v) is 7.96. The first kappa shape index (κ1) is 22.9. The summed E-state index contributed by atoms with van der Waals surface area (Å²) in [6.45, 7) is 0.923. The Bertz CT molecular complexity index is 1000. The summed E-state index contributed by atoms with van der Waals surface area (Å²) >= 11 is 0. The van der Waals surface area contributed by atoms with Gasteiger partial charge in [-0.25, -0.2) is 0 Å². The Morgan fingerprint density at radius 1 is 0.455 bits per heavy atom. The molecule has 33 heavy (non-hydrogen) atoms. The molecule has 0 aliphatic carbocycles. The van der Waals surface area contributed by atoms with Crippen LogP contribution in [-0.4, -0.2) is 27.4 Å². The van der Waals surface area contributed by atoms with E-state index in [1.54, 1.807) is 14.2 Å². The third-order valence-electron chi connectivity index (χ3n) is 5.89. The average Bonchev–Trinajstić information content (AvgIpc) is 2.90. The fourth-order valence-corrected chi connectivity index (χ4v) is 3.92. The summed E-state index contributed by atoms with van der Waals surface area (Å²) in [4.78, 5) is 0. The van der Waals surface area contributed by atoms with Crippen LogP contribution >= 0.6 is 0 Å². The van der Waals surface area contributed by atoms with Crippen molar-refractivity contribution in [3.8, 4) is 22.3 Å². The van der Waals surface area contributed by atoms with Gasteiger partial charge in [-0.3, -0.25) is 0 Å². The fraction of sp³-hybridized carbons (Fsp3) is 0.200. The normalized spacial score (nSPS) is 12.9. The van der Waals surface area contributed by atoms with Gasteiger partial charge in [-0.05, 0) is 33.4 Å². The van der Waals surface area contributed by atoms with Crippen molar-refractivity contribution < 1.29 is 14.2 Å². The van der Waals surface area contributed by atoms with E-state index in [-0.39, 0.29) is 12.2 Å². The predicted octanol–water partition coefficient (Wildman–Crippen LogP) is 7.11. The quantitative estimate of drug-likeness (QED) is 0.264. The van der Waals surface area contributed by atoms with Crippen molar-refractivity contribution in [2.45, 2.75) is 12.2 Å². The lowest BCUT2D eigenvalue weighted by atomic mass is 10.0. The van der Waals surface area contributed by atoms with Gasteiger partial charge in [-0.15, -0.1) is 0 Å². The van der Waals surface area contributed by atoms with E-state index in [1.165, 1.54) is 22.3 Å². The highest BCUT2D eigenvalue weighted by Crippen LogP contribution is 2.26. The highest BCUT2D eigenvalue weighted by atomic mass is 16.5. The summed E-state index contributed by atoms with van der Waals surface area (Å²) in [5.74, 6) is 0. The monoisotopic (exact) mass is 438 g/mol. The lowest BCUT2D eigenvalue weighted by molar-refractivity contribution is -0.0368. The first-order valence-corrected chi connectivity index (χ1v) is 11.2. The maximum atomic E-state index is 6.03. The molecule has 0 bridgehead atoms. The zero-order chi connectivity index (χ0) is 22.9. The summed E-state index contributed by atoms with van der Waals surface area (Å²) in [7, 11) is 3.44. The molecule has 3 heteroatoms. The van der Waals surface area contributed by atoms with Crippen LogP contribution in [0.2, 0.25) is 0 Å². The minimum atomic E-state index is -0.132. The lowest BCUT2D eigenvalue weighted by Gasteiger charge is -2.20. The predicted molar refractivity (Wildman–Crippen MR) is 134 cm³/mol. The molecule has 0 fully saturated rings. The molecular formula is C30H30O3. The fourth-order valence-electron chi connectivity index (χ4n) is 3.92. The van der Waals surface area contributed by atoms with Crippen molar-refractivity contribution in [1.82, 2.24) is 0 Å². The maximum Gasteiger partial charge on any atom is 0.105 e.